The lowest BCUT2D eigenvalue weighted by Gasteiger charge is -2.32. The highest BCUT2D eigenvalue weighted by Crippen LogP contribution is 2.42. The van der Waals surface area contributed by atoms with Crippen molar-refractivity contribution in [1.82, 2.24) is 9.97 Å². The number of fused-ring (bicyclic) bond motifs is 1. The standard InChI is InChI=1S/C21H22F2N4O2/c22-19(23)29-17-6-5-14(9-18(17)28-15-3-1-2-4-15)21(12-24)8-7-16-13(10-21)11-26-20(25)27-16/h5-6,9,11,15,19H,1-4,7-8,10H2,(H2,25,26,27). The van der Waals surface area contributed by atoms with Gasteiger partial charge in [-0.15, -0.1) is 0 Å². The minimum Gasteiger partial charge on any atom is -0.487 e. The van der Waals surface area contributed by atoms with Crippen LogP contribution in [0.25, 0.3) is 0 Å². The van der Waals surface area contributed by atoms with E-state index in [4.69, 9.17) is 10.5 Å². The van der Waals surface area contributed by atoms with Gasteiger partial charge in [-0.2, -0.15) is 14.0 Å². The number of anilines is 1. The Labute approximate surface area is 167 Å². The van der Waals surface area contributed by atoms with Crippen molar-refractivity contribution in [1.29, 1.82) is 5.26 Å². The van der Waals surface area contributed by atoms with Gasteiger partial charge in [-0.25, -0.2) is 9.97 Å². The molecule has 29 heavy (non-hydrogen) atoms. The van der Waals surface area contributed by atoms with Gasteiger partial charge in [0.1, 0.15) is 0 Å². The number of aryl methyl sites for hydroxylation is 1. The van der Waals surface area contributed by atoms with Crippen LogP contribution >= 0.6 is 0 Å². The van der Waals surface area contributed by atoms with Gasteiger partial charge in [-0.3, -0.25) is 0 Å². The summed E-state index contributed by atoms with van der Waals surface area (Å²) in [6.45, 7) is -2.94. The maximum absolute atomic E-state index is 12.9. The topological polar surface area (TPSA) is 94.0 Å². The Morgan fingerprint density at radius 3 is 2.76 bits per heavy atom. The highest BCUT2D eigenvalue weighted by molar-refractivity contribution is 5.49. The molecule has 1 atom stereocenters. The third-order valence-corrected chi connectivity index (χ3v) is 5.78. The number of nitrogens with two attached hydrogens (primary N) is 1. The molecule has 4 rings (SSSR count). The number of alkyl halides is 2. The second kappa shape index (κ2) is 7.82. The summed E-state index contributed by atoms with van der Waals surface area (Å²) in [7, 11) is 0. The summed E-state index contributed by atoms with van der Waals surface area (Å²) < 4.78 is 36.4. The molecule has 0 radical (unpaired) electrons. The largest absolute Gasteiger partial charge is 0.487 e. The summed E-state index contributed by atoms with van der Waals surface area (Å²) in [5.74, 6) is 0.480. The fourth-order valence-electron chi connectivity index (χ4n) is 4.25. The maximum atomic E-state index is 12.9. The quantitative estimate of drug-likeness (QED) is 0.817. The second-order valence-corrected chi connectivity index (χ2v) is 7.64. The number of nitrogen functional groups attached to an aromatic ring is 1. The lowest BCUT2D eigenvalue weighted by Crippen LogP contribution is -2.33. The molecule has 0 bridgehead atoms. The maximum Gasteiger partial charge on any atom is 0.387 e. The first kappa shape index (κ1) is 19.4. The van der Waals surface area contributed by atoms with Crippen molar-refractivity contribution in [3.8, 4) is 17.6 Å². The first-order chi connectivity index (χ1) is 14.0. The van der Waals surface area contributed by atoms with E-state index in [1.807, 2.05) is 0 Å². The molecule has 2 N–H and O–H groups in total. The highest BCUT2D eigenvalue weighted by atomic mass is 19.3. The van der Waals surface area contributed by atoms with Gasteiger partial charge in [0.25, 0.3) is 0 Å². The Bertz CT molecular complexity index is 941. The molecule has 1 aromatic heterocycles. The van der Waals surface area contributed by atoms with E-state index < -0.39 is 12.0 Å². The van der Waals surface area contributed by atoms with Crippen molar-refractivity contribution in [2.24, 2.45) is 0 Å². The Morgan fingerprint density at radius 2 is 2.03 bits per heavy atom. The van der Waals surface area contributed by atoms with Gasteiger partial charge in [-0.1, -0.05) is 6.07 Å². The number of nitrogens with zero attached hydrogens (tertiary/aromatic N) is 3. The van der Waals surface area contributed by atoms with E-state index >= 15 is 0 Å². The van der Waals surface area contributed by atoms with Crippen LogP contribution in [-0.2, 0) is 18.3 Å². The zero-order valence-electron chi connectivity index (χ0n) is 15.9. The molecule has 1 saturated carbocycles. The fourth-order valence-corrected chi connectivity index (χ4v) is 4.25. The van der Waals surface area contributed by atoms with Gasteiger partial charge >= 0.3 is 6.61 Å². The van der Waals surface area contributed by atoms with E-state index in [1.54, 1.807) is 18.3 Å². The third kappa shape index (κ3) is 3.95. The van der Waals surface area contributed by atoms with Crippen molar-refractivity contribution in [2.45, 2.75) is 63.1 Å². The van der Waals surface area contributed by atoms with Gasteiger partial charge in [0, 0.05) is 11.9 Å². The molecule has 8 heteroatoms. The first-order valence-corrected chi connectivity index (χ1v) is 9.76. The number of benzene rings is 1. The summed E-state index contributed by atoms with van der Waals surface area (Å²) in [5, 5.41) is 10.1. The van der Waals surface area contributed by atoms with E-state index in [-0.39, 0.29) is 23.6 Å². The lowest BCUT2D eigenvalue weighted by atomic mass is 9.69. The van der Waals surface area contributed by atoms with Crippen LogP contribution in [0.5, 0.6) is 11.5 Å². The van der Waals surface area contributed by atoms with Crippen LogP contribution in [-0.4, -0.2) is 22.7 Å². The zero-order valence-corrected chi connectivity index (χ0v) is 15.9. The molecule has 0 saturated heterocycles. The molecule has 1 aromatic carbocycles. The van der Waals surface area contributed by atoms with Crippen LogP contribution in [0.15, 0.2) is 24.4 Å². The average molecular weight is 400 g/mol. The summed E-state index contributed by atoms with van der Waals surface area (Å²) in [4.78, 5) is 8.32. The van der Waals surface area contributed by atoms with Crippen molar-refractivity contribution >= 4 is 5.95 Å². The summed E-state index contributed by atoms with van der Waals surface area (Å²) in [5.41, 5.74) is 7.30. The normalized spacial score (nSPS) is 21.6. The Morgan fingerprint density at radius 1 is 1.24 bits per heavy atom. The van der Waals surface area contributed by atoms with E-state index in [1.165, 1.54) is 6.07 Å². The molecule has 1 unspecified atom stereocenters. The average Bonchev–Trinajstić information content (AvgIpc) is 3.21. The first-order valence-electron chi connectivity index (χ1n) is 9.76. The molecule has 1 heterocycles. The molecule has 6 nitrogen and oxygen atoms in total. The molecule has 2 aromatic rings. The molecule has 0 amide bonds. The molecule has 2 aliphatic rings. The van der Waals surface area contributed by atoms with E-state index in [0.717, 1.165) is 42.5 Å². The van der Waals surface area contributed by atoms with Gasteiger partial charge in [0.05, 0.1) is 17.6 Å². The molecular formula is C21H22F2N4O2. The van der Waals surface area contributed by atoms with Crippen molar-refractivity contribution < 1.29 is 18.3 Å². The van der Waals surface area contributed by atoms with E-state index in [0.29, 0.717) is 19.3 Å². The predicted molar refractivity (Wildman–Crippen MR) is 102 cm³/mol. The monoisotopic (exact) mass is 400 g/mol. The summed E-state index contributed by atoms with van der Waals surface area (Å²) in [6.07, 6.45) is 7.07. The lowest BCUT2D eigenvalue weighted by molar-refractivity contribution is -0.0520. The van der Waals surface area contributed by atoms with Gasteiger partial charge in [0.2, 0.25) is 5.95 Å². The van der Waals surface area contributed by atoms with Crippen LogP contribution in [0.2, 0.25) is 0 Å². The summed E-state index contributed by atoms with van der Waals surface area (Å²) in [6, 6.07) is 7.27. The number of nitriles is 1. The van der Waals surface area contributed by atoms with Crippen LogP contribution in [0.3, 0.4) is 0 Å². The van der Waals surface area contributed by atoms with E-state index in [2.05, 4.69) is 20.8 Å². The number of halogens is 2. The Balaban J connectivity index is 1.69. The predicted octanol–water partition coefficient (Wildman–Crippen LogP) is 3.93. The van der Waals surface area contributed by atoms with Crippen LogP contribution < -0.4 is 15.2 Å². The molecule has 0 spiro atoms. The molecule has 152 valence electrons. The van der Waals surface area contributed by atoms with Crippen LogP contribution in [0, 0.1) is 11.3 Å². The van der Waals surface area contributed by atoms with E-state index in [9.17, 15) is 14.0 Å². The minimum atomic E-state index is -2.94. The Kier molecular flexibility index (Phi) is 5.22. The third-order valence-electron chi connectivity index (χ3n) is 5.78. The summed E-state index contributed by atoms with van der Waals surface area (Å²) >= 11 is 0. The van der Waals surface area contributed by atoms with Gasteiger partial charge in [-0.05, 0) is 68.2 Å². The number of hydrogen-bond donors (Lipinski definition) is 1. The SMILES string of the molecule is N#CC1(c2ccc(OC(F)F)c(OC3CCCC3)c2)CCc2nc(N)ncc2C1. The molecule has 2 aliphatic carbocycles. The molecular weight excluding hydrogens is 378 g/mol. The second-order valence-electron chi connectivity index (χ2n) is 7.64. The highest BCUT2D eigenvalue weighted by Gasteiger charge is 2.38. The van der Waals surface area contributed by atoms with Crippen LogP contribution in [0.4, 0.5) is 14.7 Å². The van der Waals surface area contributed by atoms with Gasteiger partial charge in [0.15, 0.2) is 11.5 Å². The van der Waals surface area contributed by atoms with Gasteiger partial charge < -0.3 is 15.2 Å². The fraction of sp³-hybridized carbons (Fsp3) is 0.476. The van der Waals surface area contributed by atoms with Crippen molar-refractivity contribution in [3.05, 3.63) is 41.2 Å². The number of hydrogen-bond acceptors (Lipinski definition) is 6. The number of aromatic nitrogens is 2. The number of rotatable bonds is 5. The Hall–Kier alpha value is -2.95. The molecule has 0 aliphatic heterocycles. The van der Waals surface area contributed by atoms with Crippen LogP contribution in [0.1, 0.15) is 48.9 Å². The van der Waals surface area contributed by atoms with Crippen molar-refractivity contribution in [2.75, 3.05) is 5.73 Å². The minimum absolute atomic E-state index is 0.00365. The number of ether oxygens (including phenoxy) is 2. The molecule has 1 fully saturated rings. The zero-order chi connectivity index (χ0) is 20.4. The smallest absolute Gasteiger partial charge is 0.387 e. The van der Waals surface area contributed by atoms with Crippen molar-refractivity contribution in [3.63, 3.8) is 0 Å².